The molecule has 4 heteroatoms. The first-order valence-corrected chi connectivity index (χ1v) is 6.83. The summed E-state index contributed by atoms with van der Waals surface area (Å²) < 4.78 is 1.89. The van der Waals surface area contributed by atoms with E-state index < -0.39 is 0 Å². The molecule has 2 heterocycles. The molecule has 1 aromatic heterocycles. The van der Waals surface area contributed by atoms with E-state index in [-0.39, 0.29) is 11.9 Å². The molecular weight excluding hydrogens is 226 g/mol. The van der Waals surface area contributed by atoms with Gasteiger partial charge in [-0.25, -0.2) is 0 Å². The van der Waals surface area contributed by atoms with E-state index in [1.807, 2.05) is 34.8 Å². The number of hydrogen-bond donors (Lipinski definition) is 1. The normalized spacial score (nSPS) is 31.4. The Bertz CT molecular complexity index is 454. The van der Waals surface area contributed by atoms with Crippen molar-refractivity contribution < 1.29 is 4.79 Å². The highest BCUT2D eigenvalue weighted by molar-refractivity contribution is 5.93. The van der Waals surface area contributed by atoms with Gasteiger partial charge in [0.05, 0.1) is 0 Å². The molecule has 0 spiro atoms. The summed E-state index contributed by atoms with van der Waals surface area (Å²) in [6.07, 6.45) is 5.49. The van der Waals surface area contributed by atoms with Crippen LogP contribution in [0.15, 0.2) is 18.3 Å². The van der Waals surface area contributed by atoms with Crippen LogP contribution in [0.3, 0.4) is 0 Å². The van der Waals surface area contributed by atoms with Gasteiger partial charge in [0.25, 0.3) is 5.91 Å². The lowest BCUT2D eigenvalue weighted by Gasteiger charge is -2.29. The fourth-order valence-electron chi connectivity index (χ4n) is 3.53. The molecule has 18 heavy (non-hydrogen) atoms. The van der Waals surface area contributed by atoms with Gasteiger partial charge in [-0.1, -0.05) is 6.42 Å². The van der Waals surface area contributed by atoms with Gasteiger partial charge in [0, 0.05) is 32.4 Å². The van der Waals surface area contributed by atoms with Crippen molar-refractivity contribution in [2.45, 2.75) is 25.3 Å². The molecule has 3 atom stereocenters. The van der Waals surface area contributed by atoms with Crippen molar-refractivity contribution in [3.05, 3.63) is 24.0 Å². The highest BCUT2D eigenvalue weighted by Gasteiger charge is 2.40. The minimum absolute atomic E-state index is 0.157. The molecule has 3 unspecified atom stereocenters. The number of carbonyl (C=O) groups is 1. The zero-order chi connectivity index (χ0) is 12.7. The first kappa shape index (κ1) is 11.8. The first-order chi connectivity index (χ1) is 8.66. The summed E-state index contributed by atoms with van der Waals surface area (Å²) >= 11 is 0. The molecular formula is C14H21N3O. The Morgan fingerprint density at radius 2 is 2.22 bits per heavy atom. The molecule has 4 nitrogen and oxygen atoms in total. The topological polar surface area (TPSA) is 51.3 Å². The van der Waals surface area contributed by atoms with E-state index in [2.05, 4.69) is 0 Å². The lowest BCUT2D eigenvalue weighted by atomic mass is 9.78. The van der Waals surface area contributed by atoms with E-state index in [0.29, 0.717) is 11.8 Å². The molecule has 1 saturated heterocycles. The first-order valence-electron chi connectivity index (χ1n) is 6.83. The molecule has 0 aromatic carbocycles. The molecule has 1 aliphatic heterocycles. The number of nitrogens with zero attached hydrogens (tertiary/aromatic N) is 2. The number of likely N-dealkylation sites (tertiary alicyclic amines) is 1. The van der Waals surface area contributed by atoms with Gasteiger partial charge in [0.1, 0.15) is 5.69 Å². The molecule has 98 valence electrons. The number of fused-ring (bicyclic) bond motifs is 1. The number of carbonyl (C=O) groups excluding carboxylic acids is 1. The second-order valence-corrected chi connectivity index (χ2v) is 5.73. The van der Waals surface area contributed by atoms with Gasteiger partial charge in [-0.05, 0) is 36.8 Å². The van der Waals surface area contributed by atoms with Crippen molar-refractivity contribution in [2.24, 2.45) is 24.6 Å². The summed E-state index contributed by atoms with van der Waals surface area (Å²) in [5.74, 6) is 1.30. The maximum atomic E-state index is 12.4. The average molecular weight is 247 g/mol. The summed E-state index contributed by atoms with van der Waals surface area (Å²) in [7, 11) is 1.92. The van der Waals surface area contributed by atoms with Crippen molar-refractivity contribution in [3.8, 4) is 0 Å². The van der Waals surface area contributed by atoms with Crippen molar-refractivity contribution in [1.82, 2.24) is 9.47 Å². The highest BCUT2D eigenvalue weighted by Crippen LogP contribution is 2.35. The largest absolute Gasteiger partial charge is 0.347 e. The Kier molecular flexibility index (Phi) is 2.90. The lowest BCUT2D eigenvalue weighted by molar-refractivity contribution is 0.0774. The van der Waals surface area contributed by atoms with E-state index in [9.17, 15) is 4.79 Å². The van der Waals surface area contributed by atoms with Gasteiger partial charge in [-0.15, -0.1) is 0 Å². The molecule has 1 aliphatic carbocycles. The second kappa shape index (κ2) is 4.43. The lowest BCUT2D eigenvalue weighted by Crippen LogP contribution is -2.38. The maximum absolute atomic E-state index is 12.4. The van der Waals surface area contributed by atoms with Crippen LogP contribution >= 0.6 is 0 Å². The molecule has 2 N–H and O–H groups in total. The van der Waals surface area contributed by atoms with E-state index in [0.717, 1.165) is 25.2 Å². The van der Waals surface area contributed by atoms with Crippen LogP contribution in [0.5, 0.6) is 0 Å². The highest BCUT2D eigenvalue weighted by atomic mass is 16.2. The molecule has 1 amide bonds. The van der Waals surface area contributed by atoms with Crippen molar-refractivity contribution in [1.29, 1.82) is 0 Å². The number of nitrogens with two attached hydrogens (primary N) is 1. The van der Waals surface area contributed by atoms with Crippen LogP contribution in [0.2, 0.25) is 0 Å². The number of aryl methyl sites for hydroxylation is 1. The summed E-state index contributed by atoms with van der Waals surface area (Å²) in [4.78, 5) is 14.4. The quantitative estimate of drug-likeness (QED) is 0.811. The predicted molar refractivity (Wildman–Crippen MR) is 70.1 cm³/mol. The van der Waals surface area contributed by atoms with E-state index in [1.54, 1.807) is 0 Å². The standard InChI is InChI=1S/C14H21N3O/c1-16-7-3-6-13(16)14(18)17-8-10-4-2-5-12(15)11(10)9-17/h3,6-7,10-12H,2,4-5,8-9,15H2,1H3. The monoisotopic (exact) mass is 247 g/mol. The van der Waals surface area contributed by atoms with Crippen LogP contribution in [0, 0.1) is 11.8 Å². The van der Waals surface area contributed by atoms with Crippen LogP contribution in [0.25, 0.3) is 0 Å². The van der Waals surface area contributed by atoms with E-state index in [1.165, 1.54) is 12.8 Å². The third-order valence-corrected chi connectivity index (χ3v) is 4.60. The van der Waals surface area contributed by atoms with Crippen LogP contribution in [-0.4, -0.2) is 34.5 Å². The fourth-order valence-corrected chi connectivity index (χ4v) is 3.53. The van der Waals surface area contributed by atoms with E-state index >= 15 is 0 Å². The Labute approximate surface area is 108 Å². The van der Waals surface area contributed by atoms with E-state index in [4.69, 9.17) is 5.73 Å². The summed E-state index contributed by atoms with van der Waals surface area (Å²) in [5, 5.41) is 0. The molecule has 1 aromatic rings. The zero-order valence-corrected chi connectivity index (χ0v) is 10.9. The Hall–Kier alpha value is -1.29. The fraction of sp³-hybridized carbons (Fsp3) is 0.643. The average Bonchev–Trinajstić information content (AvgIpc) is 2.95. The Balaban J connectivity index is 1.75. The summed E-state index contributed by atoms with van der Waals surface area (Å²) in [5.41, 5.74) is 6.97. The molecule has 1 saturated carbocycles. The van der Waals surface area contributed by atoms with Crippen LogP contribution in [0.4, 0.5) is 0 Å². The van der Waals surface area contributed by atoms with Crippen molar-refractivity contribution in [2.75, 3.05) is 13.1 Å². The van der Waals surface area contributed by atoms with Gasteiger partial charge in [0.15, 0.2) is 0 Å². The number of aromatic nitrogens is 1. The third-order valence-electron chi connectivity index (χ3n) is 4.60. The number of rotatable bonds is 1. The number of hydrogen-bond acceptors (Lipinski definition) is 2. The molecule has 0 bridgehead atoms. The molecule has 2 aliphatic rings. The van der Waals surface area contributed by atoms with Crippen LogP contribution in [0.1, 0.15) is 29.8 Å². The van der Waals surface area contributed by atoms with Gasteiger partial charge < -0.3 is 15.2 Å². The Morgan fingerprint density at radius 3 is 2.89 bits per heavy atom. The third kappa shape index (κ3) is 1.85. The van der Waals surface area contributed by atoms with Gasteiger partial charge in [0.2, 0.25) is 0 Å². The number of amides is 1. The van der Waals surface area contributed by atoms with Gasteiger partial charge in [-0.3, -0.25) is 4.79 Å². The molecule has 3 rings (SSSR count). The van der Waals surface area contributed by atoms with Crippen LogP contribution < -0.4 is 5.73 Å². The van der Waals surface area contributed by atoms with Gasteiger partial charge >= 0.3 is 0 Å². The van der Waals surface area contributed by atoms with Crippen LogP contribution in [-0.2, 0) is 7.05 Å². The molecule has 0 radical (unpaired) electrons. The van der Waals surface area contributed by atoms with Crippen molar-refractivity contribution in [3.63, 3.8) is 0 Å². The molecule has 2 fully saturated rings. The smallest absolute Gasteiger partial charge is 0.270 e. The summed E-state index contributed by atoms with van der Waals surface area (Å²) in [6.45, 7) is 1.73. The van der Waals surface area contributed by atoms with Crippen molar-refractivity contribution >= 4 is 5.91 Å². The predicted octanol–water partition coefficient (Wildman–Crippen LogP) is 1.22. The second-order valence-electron chi connectivity index (χ2n) is 5.73. The maximum Gasteiger partial charge on any atom is 0.270 e. The van der Waals surface area contributed by atoms with Gasteiger partial charge in [-0.2, -0.15) is 0 Å². The minimum Gasteiger partial charge on any atom is -0.347 e. The minimum atomic E-state index is 0.157. The Morgan fingerprint density at radius 1 is 1.39 bits per heavy atom. The SMILES string of the molecule is Cn1cccc1C(=O)N1CC2CCCC(N)C2C1. The zero-order valence-electron chi connectivity index (χ0n) is 10.9. The summed E-state index contributed by atoms with van der Waals surface area (Å²) in [6, 6.07) is 4.10.